The topological polar surface area (TPSA) is 24.9 Å². The standard InChI is InChI=1S/C17H20BrClN2/c1-3-9-21-17(12(2)16-6-4-5-10-20-16)13-7-8-14(18)15(19)11-13/h4-8,10-12,17,21H,3,9H2,1-2H3. The Kier molecular flexibility index (Phi) is 6.22. The summed E-state index contributed by atoms with van der Waals surface area (Å²) >= 11 is 9.70. The van der Waals surface area contributed by atoms with Gasteiger partial charge in [-0.15, -0.1) is 0 Å². The fourth-order valence-electron chi connectivity index (χ4n) is 2.41. The molecule has 2 aromatic rings. The van der Waals surface area contributed by atoms with Crippen LogP contribution in [0.1, 0.15) is 43.5 Å². The molecule has 1 N–H and O–H groups in total. The van der Waals surface area contributed by atoms with Crippen LogP contribution in [0.2, 0.25) is 5.02 Å². The number of benzene rings is 1. The zero-order valence-electron chi connectivity index (χ0n) is 12.3. The van der Waals surface area contributed by atoms with E-state index >= 15 is 0 Å². The minimum absolute atomic E-state index is 0.199. The zero-order chi connectivity index (χ0) is 15.2. The molecule has 112 valence electrons. The Morgan fingerprint density at radius 3 is 2.71 bits per heavy atom. The SMILES string of the molecule is CCCNC(c1ccc(Br)c(Cl)c1)C(C)c1ccccn1. The van der Waals surface area contributed by atoms with E-state index in [1.54, 1.807) is 0 Å². The van der Waals surface area contributed by atoms with Gasteiger partial charge >= 0.3 is 0 Å². The molecular formula is C17H20BrClN2. The highest BCUT2D eigenvalue weighted by Crippen LogP contribution is 2.33. The quantitative estimate of drug-likeness (QED) is 0.745. The summed E-state index contributed by atoms with van der Waals surface area (Å²) in [5.41, 5.74) is 2.28. The number of rotatable bonds is 6. The van der Waals surface area contributed by atoms with Crippen LogP contribution in [0.3, 0.4) is 0 Å². The van der Waals surface area contributed by atoms with Crippen molar-refractivity contribution in [1.29, 1.82) is 0 Å². The van der Waals surface area contributed by atoms with Crippen molar-refractivity contribution >= 4 is 27.5 Å². The van der Waals surface area contributed by atoms with Gasteiger partial charge in [-0.2, -0.15) is 0 Å². The van der Waals surface area contributed by atoms with Gasteiger partial charge in [-0.05, 0) is 58.7 Å². The third-order valence-electron chi connectivity index (χ3n) is 3.57. The van der Waals surface area contributed by atoms with E-state index in [1.165, 1.54) is 5.56 Å². The van der Waals surface area contributed by atoms with E-state index in [0.29, 0.717) is 0 Å². The molecule has 0 aliphatic rings. The molecule has 1 heterocycles. The number of hydrogen-bond acceptors (Lipinski definition) is 2. The van der Waals surface area contributed by atoms with Crippen LogP contribution in [0, 0.1) is 0 Å². The van der Waals surface area contributed by atoms with Crippen LogP contribution in [0.15, 0.2) is 47.1 Å². The Balaban J connectivity index is 2.31. The largest absolute Gasteiger partial charge is 0.309 e. The maximum atomic E-state index is 6.25. The highest BCUT2D eigenvalue weighted by Gasteiger charge is 2.21. The number of aromatic nitrogens is 1. The molecule has 0 saturated heterocycles. The Morgan fingerprint density at radius 2 is 2.10 bits per heavy atom. The van der Waals surface area contributed by atoms with Gasteiger partial charge < -0.3 is 5.32 Å². The van der Waals surface area contributed by atoms with Gasteiger partial charge in [0.05, 0.1) is 5.02 Å². The number of pyridine rings is 1. The van der Waals surface area contributed by atoms with E-state index < -0.39 is 0 Å². The molecule has 21 heavy (non-hydrogen) atoms. The molecule has 2 nitrogen and oxygen atoms in total. The summed E-state index contributed by atoms with van der Waals surface area (Å²) in [5, 5.41) is 4.36. The van der Waals surface area contributed by atoms with Gasteiger partial charge in [-0.3, -0.25) is 4.98 Å². The lowest BCUT2D eigenvalue weighted by atomic mass is 9.91. The lowest BCUT2D eigenvalue weighted by Crippen LogP contribution is -2.27. The number of nitrogens with one attached hydrogen (secondary N) is 1. The van der Waals surface area contributed by atoms with Gasteiger partial charge in [-0.1, -0.05) is 37.6 Å². The highest BCUT2D eigenvalue weighted by molar-refractivity contribution is 9.10. The lowest BCUT2D eigenvalue weighted by molar-refractivity contribution is 0.460. The monoisotopic (exact) mass is 366 g/mol. The minimum atomic E-state index is 0.199. The van der Waals surface area contributed by atoms with Crippen molar-refractivity contribution in [1.82, 2.24) is 10.3 Å². The second kappa shape index (κ2) is 7.92. The summed E-state index contributed by atoms with van der Waals surface area (Å²) in [6.07, 6.45) is 2.94. The molecule has 0 amide bonds. The summed E-state index contributed by atoms with van der Waals surface area (Å²) in [5.74, 6) is 0.273. The van der Waals surface area contributed by atoms with Gasteiger partial charge in [-0.25, -0.2) is 0 Å². The van der Waals surface area contributed by atoms with E-state index in [2.05, 4.69) is 52.2 Å². The van der Waals surface area contributed by atoms with Crippen LogP contribution >= 0.6 is 27.5 Å². The molecule has 1 aromatic heterocycles. The average molecular weight is 368 g/mol. The first-order valence-electron chi connectivity index (χ1n) is 7.22. The second-order valence-corrected chi connectivity index (χ2v) is 6.41. The third kappa shape index (κ3) is 4.29. The van der Waals surface area contributed by atoms with E-state index in [-0.39, 0.29) is 12.0 Å². The number of hydrogen-bond donors (Lipinski definition) is 1. The molecule has 4 heteroatoms. The normalized spacial score (nSPS) is 13.9. The first-order valence-corrected chi connectivity index (χ1v) is 8.39. The Morgan fingerprint density at radius 1 is 1.29 bits per heavy atom. The molecule has 0 saturated carbocycles. The van der Waals surface area contributed by atoms with Crippen LogP contribution in [-0.4, -0.2) is 11.5 Å². The second-order valence-electron chi connectivity index (χ2n) is 5.15. The number of nitrogens with zero attached hydrogens (tertiary/aromatic N) is 1. The molecule has 2 unspecified atom stereocenters. The van der Waals surface area contributed by atoms with Gasteiger partial charge in [0, 0.05) is 28.3 Å². The fraction of sp³-hybridized carbons (Fsp3) is 0.353. The van der Waals surface area contributed by atoms with Crippen molar-refractivity contribution in [3.63, 3.8) is 0 Å². The Hall–Kier alpha value is -0.900. The predicted molar refractivity (Wildman–Crippen MR) is 92.8 cm³/mol. The number of halogens is 2. The van der Waals surface area contributed by atoms with Crippen LogP contribution in [0.4, 0.5) is 0 Å². The van der Waals surface area contributed by atoms with Crippen LogP contribution < -0.4 is 5.32 Å². The van der Waals surface area contributed by atoms with Crippen molar-refractivity contribution in [2.24, 2.45) is 0 Å². The van der Waals surface area contributed by atoms with E-state index in [1.807, 2.05) is 30.5 Å². The first kappa shape index (κ1) is 16.5. The predicted octanol–water partition coefficient (Wildman–Crippen LogP) is 5.34. The first-order chi connectivity index (χ1) is 10.1. The van der Waals surface area contributed by atoms with Crippen molar-refractivity contribution in [2.75, 3.05) is 6.54 Å². The lowest BCUT2D eigenvalue weighted by Gasteiger charge is -2.26. The van der Waals surface area contributed by atoms with Crippen molar-refractivity contribution < 1.29 is 0 Å². The molecule has 0 aliphatic heterocycles. The Bertz CT molecular complexity index is 574. The Labute approximate surface area is 140 Å². The van der Waals surface area contributed by atoms with Crippen LogP contribution in [-0.2, 0) is 0 Å². The zero-order valence-corrected chi connectivity index (χ0v) is 14.7. The molecular weight excluding hydrogens is 348 g/mol. The smallest absolute Gasteiger partial charge is 0.0551 e. The average Bonchev–Trinajstić information content (AvgIpc) is 2.51. The van der Waals surface area contributed by atoms with Gasteiger partial charge in [0.25, 0.3) is 0 Å². The molecule has 0 aliphatic carbocycles. The van der Waals surface area contributed by atoms with E-state index in [0.717, 1.165) is 28.2 Å². The van der Waals surface area contributed by atoms with Crippen LogP contribution in [0.25, 0.3) is 0 Å². The van der Waals surface area contributed by atoms with Gasteiger partial charge in [0.15, 0.2) is 0 Å². The maximum absolute atomic E-state index is 6.25. The van der Waals surface area contributed by atoms with Crippen LogP contribution in [0.5, 0.6) is 0 Å². The molecule has 2 atom stereocenters. The molecule has 0 fully saturated rings. The molecule has 0 spiro atoms. The molecule has 0 bridgehead atoms. The van der Waals surface area contributed by atoms with Crippen molar-refractivity contribution in [3.05, 3.63) is 63.3 Å². The highest BCUT2D eigenvalue weighted by atomic mass is 79.9. The molecule has 2 rings (SSSR count). The summed E-state index contributed by atoms with van der Waals surface area (Å²) in [6.45, 7) is 5.34. The van der Waals surface area contributed by atoms with Gasteiger partial charge in [0.2, 0.25) is 0 Å². The summed E-state index contributed by atoms with van der Waals surface area (Å²) in [4.78, 5) is 4.49. The third-order valence-corrected chi connectivity index (χ3v) is 4.80. The summed E-state index contributed by atoms with van der Waals surface area (Å²) in [6, 6.07) is 12.4. The van der Waals surface area contributed by atoms with E-state index in [9.17, 15) is 0 Å². The van der Waals surface area contributed by atoms with Gasteiger partial charge in [0.1, 0.15) is 0 Å². The summed E-state index contributed by atoms with van der Waals surface area (Å²) in [7, 11) is 0. The fourth-order valence-corrected chi connectivity index (χ4v) is 2.84. The minimum Gasteiger partial charge on any atom is -0.309 e. The maximum Gasteiger partial charge on any atom is 0.0551 e. The van der Waals surface area contributed by atoms with Crippen molar-refractivity contribution in [2.45, 2.75) is 32.2 Å². The molecule has 0 radical (unpaired) electrons. The van der Waals surface area contributed by atoms with Crippen molar-refractivity contribution in [3.8, 4) is 0 Å². The van der Waals surface area contributed by atoms with E-state index in [4.69, 9.17) is 11.6 Å². The molecule has 1 aromatic carbocycles. The summed E-state index contributed by atoms with van der Waals surface area (Å²) < 4.78 is 0.924.